The predicted molar refractivity (Wildman–Crippen MR) is 128 cm³/mol. The average Bonchev–Trinajstić information content (AvgIpc) is 2.84. The molecular formula is C24H32N4O3S. The molecule has 0 unspecified atom stereocenters. The van der Waals surface area contributed by atoms with Gasteiger partial charge in [0.25, 0.3) is 0 Å². The quantitative estimate of drug-likeness (QED) is 0.724. The zero-order chi connectivity index (χ0) is 22.6. The van der Waals surface area contributed by atoms with Crippen LogP contribution in [0, 0.1) is 6.92 Å². The fourth-order valence-corrected chi connectivity index (χ4v) is 6.14. The summed E-state index contributed by atoms with van der Waals surface area (Å²) >= 11 is 0. The number of hydrogen-bond acceptors (Lipinski definition) is 5. The van der Waals surface area contributed by atoms with Crippen LogP contribution in [0.25, 0.3) is 0 Å². The van der Waals surface area contributed by atoms with E-state index in [0.717, 1.165) is 37.9 Å². The molecule has 1 amide bonds. The van der Waals surface area contributed by atoms with E-state index in [-0.39, 0.29) is 12.5 Å². The van der Waals surface area contributed by atoms with Crippen molar-refractivity contribution in [1.29, 1.82) is 0 Å². The van der Waals surface area contributed by atoms with Gasteiger partial charge in [0, 0.05) is 50.6 Å². The highest BCUT2D eigenvalue weighted by atomic mass is 32.2. The van der Waals surface area contributed by atoms with Gasteiger partial charge >= 0.3 is 0 Å². The molecule has 0 spiro atoms. The van der Waals surface area contributed by atoms with Crippen LogP contribution in [0.2, 0.25) is 0 Å². The number of piperazine rings is 1. The molecule has 2 saturated heterocycles. The normalized spacial score (nSPS) is 17.9. The monoisotopic (exact) mass is 456 g/mol. The first-order valence-electron chi connectivity index (χ1n) is 11.4. The van der Waals surface area contributed by atoms with Gasteiger partial charge in [-0.1, -0.05) is 30.7 Å². The topological polar surface area (TPSA) is 73.0 Å². The van der Waals surface area contributed by atoms with E-state index in [1.54, 1.807) is 10.4 Å². The van der Waals surface area contributed by atoms with E-state index in [9.17, 15) is 13.2 Å². The minimum Gasteiger partial charge on any atom is -0.376 e. The van der Waals surface area contributed by atoms with Crippen molar-refractivity contribution in [3.05, 3.63) is 54.1 Å². The molecule has 2 fully saturated rings. The summed E-state index contributed by atoms with van der Waals surface area (Å²) in [6, 6.07) is 15.5. The smallest absolute Gasteiger partial charge is 0.243 e. The Labute approximate surface area is 191 Å². The molecule has 2 aliphatic heterocycles. The Morgan fingerprint density at radius 3 is 2.28 bits per heavy atom. The number of nitrogens with zero attached hydrogens (tertiary/aromatic N) is 3. The summed E-state index contributed by atoms with van der Waals surface area (Å²) in [5.41, 5.74) is 2.56. The SMILES string of the molecule is Cc1ccc(NCC(=O)N2CCN(c3ccccc3)CC2)cc1S(=O)(=O)N1CCCCC1. The van der Waals surface area contributed by atoms with E-state index < -0.39 is 10.0 Å². The second-order valence-corrected chi connectivity index (χ2v) is 10.4. The van der Waals surface area contributed by atoms with Gasteiger partial charge < -0.3 is 15.1 Å². The molecule has 7 nitrogen and oxygen atoms in total. The summed E-state index contributed by atoms with van der Waals surface area (Å²) in [5, 5.41) is 3.14. The van der Waals surface area contributed by atoms with E-state index in [1.165, 1.54) is 5.69 Å². The second kappa shape index (κ2) is 9.92. The molecule has 172 valence electrons. The van der Waals surface area contributed by atoms with Gasteiger partial charge in [-0.25, -0.2) is 8.42 Å². The summed E-state index contributed by atoms with van der Waals surface area (Å²) in [4.78, 5) is 17.2. The molecule has 32 heavy (non-hydrogen) atoms. The largest absolute Gasteiger partial charge is 0.376 e. The maximum Gasteiger partial charge on any atom is 0.243 e. The number of amides is 1. The Morgan fingerprint density at radius 1 is 0.906 bits per heavy atom. The van der Waals surface area contributed by atoms with E-state index in [1.807, 2.05) is 42.2 Å². The maximum atomic E-state index is 13.1. The zero-order valence-electron chi connectivity index (χ0n) is 18.7. The first-order chi connectivity index (χ1) is 15.4. The van der Waals surface area contributed by atoms with Gasteiger partial charge in [-0.05, 0) is 49.6 Å². The van der Waals surface area contributed by atoms with Gasteiger partial charge in [-0.3, -0.25) is 4.79 Å². The molecule has 0 aliphatic carbocycles. The maximum absolute atomic E-state index is 13.1. The van der Waals surface area contributed by atoms with Crippen molar-refractivity contribution >= 4 is 27.3 Å². The molecule has 8 heteroatoms. The molecular weight excluding hydrogens is 424 g/mol. The first-order valence-corrected chi connectivity index (χ1v) is 12.8. The van der Waals surface area contributed by atoms with E-state index in [0.29, 0.717) is 36.8 Å². The summed E-state index contributed by atoms with van der Waals surface area (Å²) in [7, 11) is -3.51. The Balaban J connectivity index is 1.35. The number of carbonyl (C=O) groups excluding carboxylic acids is 1. The number of anilines is 2. The number of aryl methyl sites for hydroxylation is 1. The summed E-state index contributed by atoms with van der Waals surface area (Å²) in [6.07, 6.45) is 2.89. The lowest BCUT2D eigenvalue weighted by atomic mass is 10.2. The molecule has 4 rings (SSSR count). The van der Waals surface area contributed by atoms with Crippen molar-refractivity contribution < 1.29 is 13.2 Å². The van der Waals surface area contributed by atoms with Crippen LogP contribution in [0.15, 0.2) is 53.4 Å². The molecule has 0 saturated carbocycles. The minimum absolute atomic E-state index is 0.0266. The Morgan fingerprint density at radius 2 is 1.59 bits per heavy atom. The van der Waals surface area contributed by atoms with Crippen LogP contribution in [0.1, 0.15) is 24.8 Å². The third kappa shape index (κ3) is 5.07. The number of nitrogens with one attached hydrogen (secondary N) is 1. The number of hydrogen-bond donors (Lipinski definition) is 1. The molecule has 1 N–H and O–H groups in total. The van der Waals surface area contributed by atoms with Crippen LogP contribution in [-0.2, 0) is 14.8 Å². The van der Waals surface area contributed by atoms with Crippen molar-refractivity contribution in [2.45, 2.75) is 31.1 Å². The number of carbonyl (C=O) groups is 1. The van der Waals surface area contributed by atoms with Crippen LogP contribution in [0.4, 0.5) is 11.4 Å². The van der Waals surface area contributed by atoms with Crippen LogP contribution in [0.5, 0.6) is 0 Å². The van der Waals surface area contributed by atoms with Gasteiger partial charge in [-0.15, -0.1) is 0 Å². The Bertz CT molecular complexity index is 1030. The summed E-state index contributed by atoms with van der Waals surface area (Å²) < 4.78 is 27.8. The summed E-state index contributed by atoms with van der Waals surface area (Å²) in [5.74, 6) is 0.0266. The van der Waals surface area contributed by atoms with Crippen LogP contribution >= 0.6 is 0 Å². The molecule has 2 heterocycles. The van der Waals surface area contributed by atoms with Crippen LogP contribution in [0.3, 0.4) is 0 Å². The Hall–Kier alpha value is -2.58. The van der Waals surface area contributed by atoms with E-state index in [4.69, 9.17) is 0 Å². The number of piperidine rings is 1. The van der Waals surface area contributed by atoms with Crippen molar-refractivity contribution in [2.24, 2.45) is 0 Å². The predicted octanol–water partition coefficient (Wildman–Crippen LogP) is 2.93. The van der Waals surface area contributed by atoms with Gasteiger partial charge in [0.2, 0.25) is 15.9 Å². The van der Waals surface area contributed by atoms with Crippen LogP contribution < -0.4 is 10.2 Å². The number of benzene rings is 2. The highest BCUT2D eigenvalue weighted by Gasteiger charge is 2.28. The molecule has 2 aromatic rings. The Kier molecular flexibility index (Phi) is 7.01. The fourth-order valence-electron chi connectivity index (χ4n) is 4.37. The van der Waals surface area contributed by atoms with Crippen molar-refractivity contribution in [3.63, 3.8) is 0 Å². The molecule has 0 aromatic heterocycles. The molecule has 0 bridgehead atoms. The first kappa shape index (κ1) is 22.6. The van der Waals surface area contributed by atoms with Gasteiger partial charge in [-0.2, -0.15) is 4.31 Å². The number of para-hydroxylation sites is 1. The standard InChI is InChI=1S/C24H32N4O3S/c1-20-10-11-21(18-23(20)32(30,31)28-12-6-3-7-13-28)25-19-24(29)27-16-14-26(15-17-27)22-8-4-2-5-9-22/h2,4-5,8-11,18,25H,3,6-7,12-17,19H2,1H3. The van der Waals surface area contributed by atoms with Crippen molar-refractivity contribution in [3.8, 4) is 0 Å². The highest BCUT2D eigenvalue weighted by molar-refractivity contribution is 7.89. The molecule has 0 radical (unpaired) electrons. The molecule has 0 atom stereocenters. The molecule has 2 aromatic carbocycles. The fraction of sp³-hybridized carbons (Fsp3) is 0.458. The lowest BCUT2D eigenvalue weighted by Crippen LogP contribution is -2.50. The van der Waals surface area contributed by atoms with Gasteiger partial charge in [0.15, 0.2) is 0 Å². The lowest BCUT2D eigenvalue weighted by Gasteiger charge is -2.36. The minimum atomic E-state index is -3.51. The molecule has 2 aliphatic rings. The number of rotatable bonds is 6. The van der Waals surface area contributed by atoms with Crippen molar-refractivity contribution in [2.75, 3.05) is 56.0 Å². The average molecular weight is 457 g/mol. The van der Waals surface area contributed by atoms with Crippen LogP contribution in [-0.4, -0.2) is 69.3 Å². The number of sulfonamides is 1. The highest BCUT2D eigenvalue weighted by Crippen LogP contribution is 2.26. The lowest BCUT2D eigenvalue weighted by molar-refractivity contribution is -0.129. The van der Waals surface area contributed by atoms with Crippen molar-refractivity contribution in [1.82, 2.24) is 9.21 Å². The summed E-state index contributed by atoms with van der Waals surface area (Å²) in [6.45, 7) is 6.09. The van der Waals surface area contributed by atoms with Gasteiger partial charge in [0.1, 0.15) is 0 Å². The van der Waals surface area contributed by atoms with E-state index >= 15 is 0 Å². The van der Waals surface area contributed by atoms with E-state index in [2.05, 4.69) is 22.3 Å². The third-order valence-corrected chi connectivity index (χ3v) is 8.36. The zero-order valence-corrected chi connectivity index (χ0v) is 19.5. The van der Waals surface area contributed by atoms with Gasteiger partial charge in [0.05, 0.1) is 11.4 Å². The third-order valence-electron chi connectivity index (χ3n) is 6.32. The second-order valence-electron chi connectivity index (χ2n) is 8.50.